The Labute approximate surface area is 63.4 Å². The minimum Gasteiger partial charge on any atom is -0.468 e. The molecule has 4 heteroatoms. The highest BCUT2D eigenvalue weighted by molar-refractivity contribution is 8.14. The molecular weight excluding hydrogens is 152 g/mol. The van der Waals surface area contributed by atoms with E-state index in [1.54, 1.807) is 0 Å². The fraction of sp³-hybridized carbons (Fsp3) is 0.333. The average Bonchev–Trinajstić information content (AvgIpc) is 1.99. The van der Waals surface area contributed by atoms with E-state index in [1.165, 1.54) is 7.11 Å². The summed E-state index contributed by atoms with van der Waals surface area (Å²) in [7, 11) is 1.28. The third-order valence-corrected chi connectivity index (χ3v) is 1.56. The Morgan fingerprint density at radius 2 is 2.30 bits per heavy atom. The first kappa shape index (κ1) is 9.23. The van der Waals surface area contributed by atoms with E-state index in [2.05, 4.69) is 11.3 Å². The van der Waals surface area contributed by atoms with Crippen LogP contribution in [0, 0.1) is 0 Å². The summed E-state index contributed by atoms with van der Waals surface area (Å²) < 4.78 is 4.30. The Bertz CT molecular complexity index is 153. The van der Waals surface area contributed by atoms with Crippen molar-refractivity contribution in [1.82, 2.24) is 0 Å². The van der Waals surface area contributed by atoms with E-state index in [4.69, 9.17) is 0 Å². The van der Waals surface area contributed by atoms with Crippen LogP contribution in [0.3, 0.4) is 0 Å². The van der Waals surface area contributed by atoms with E-state index in [0.717, 1.165) is 17.8 Å². The fourth-order valence-corrected chi connectivity index (χ4v) is 0.744. The van der Waals surface area contributed by atoms with Gasteiger partial charge in [0.15, 0.2) is 0 Å². The number of methoxy groups -OCH3 is 1. The summed E-state index contributed by atoms with van der Waals surface area (Å²) in [6.45, 7) is 3.24. The van der Waals surface area contributed by atoms with Gasteiger partial charge in [0.1, 0.15) is 0 Å². The molecule has 0 aliphatic heterocycles. The zero-order valence-corrected chi connectivity index (χ0v) is 6.44. The van der Waals surface area contributed by atoms with Gasteiger partial charge >= 0.3 is 5.97 Å². The second kappa shape index (κ2) is 5.05. The van der Waals surface area contributed by atoms with Crippen molar-refractivity contribution >= 4 is 22.8 Å². The summed E-state index contributed by atoms with van der Waals surface area (Å²) in [6, 6.07) is 0. The Kier molecular flexibility index (Phi) is 4.66. The molecule has 3 nitrogen and oxygen atoms in total. The molecule has 0 aliphatic rings. The zero-order valence-electron chi connectivity index (χ0n) is 5.62. The molecule has 0 rings (SSSR count). The van der Waals surface area contributed by atoms with Crippen LogP contribution in [0.15, 0.2) is 12.7 Å². The number of ether oxygens (including phenoxy) is 1. The molecule has 0 heterocycles. The highest BCUT2D eigenvalue weighted by atomic mass is 32.2. The van der Waals surface area contributed by atoms with Gasteiger partial charge in [0.05, 0.1) is 12.9 Å². The van der Waals surface area contributed by atoms with Crippen LogP contribution in [-0.2, 0) is 14.3 Å². The molecule has 0 bridgehead atoms. The molecule has 0 N–H and O–H groups in total. The van der Waals surface area contributed by atoms with Crippen LogP contribution in [-0.4, -0.2) is 23.9 Å². The van der Waals surface area contributed by atoms with Crippen molar-refractivity contribution in [2.45, 2.75) is 0 Å². The molecule has 0 aromatic heterocycles. The second-order valence-electron chi connectivity index (χ2n) is 1.39. The number of carbonyl (C=O) groups excluding carboxylic acids is 2. The first-order chi connectivity index (χ1) is 4.70. The van der Waals surface area contributed by atoms with Crippen molar-refractivity contribution < 1.29 is 14.3 Å². The topological polar surface area (TPSA) is 43.4 Å². The molecule has 10 heavy (non-hydrogen) atoms. The molecule has 0 aromatic rings. The van der Waals surface area contributed by atoms with E-state index in [1.807, 2.05) is 0 Å². The summed E-state index contributed by atoms with van der Waals surface area (Å²) >= 11 is 0.878. The number of rotatable bonds is 3. The highest BCUT2D eigenvalue weighted by Gasteiger charge is 2.02. The van der Waals surface area contributed by atoms with Crippen LogP contribution in [0.4, 0.5) is 0 Å². The number of esters is 1. The molecule has 0 saturated carbocycles. The van der Waals surface area contributed by atoms with E-state index >= 15 is 0 Å². The second-order valence-corrected chi connectivity index (χ2v) is 2.37. The summed E-state index contributed by atoms with van der Waals surface area (Å²) in [5.74, 6) is -0.346. The van der Waals surface area contributed by atoms with Gasteiger partial charge in [-0.2, -0.15) is 0 Å². The number of hydrogen-bond acceptors (Lipinski definition) is 4. The smallest absolute Gasteiger partial charge is 0.316 e. The molecule has 0 spiro atoms. The molecule has 56 valence electrons. The lowest BCUT2D eigenvalue weighted by Gasteiger charge is -1.93. The number of thioether (sulfide) groups is 1. The zero-order chi connectivity index (χ0) is 7.98. The van der Waals surface area contributed by atoms with Gasteiger partial charge in [-0.3, -0.25) is 9.59 Å². The highest BCUT2D eigenvalue weighted by Crippen LogP contribution is 2.01. The third kappa shape index (κ3) is 4.14. The van der Waals surface area contributed by atoms with E-state index < -0.39 is 5.97 Å². The van der Waals surface area contributed by atoms with Crippen molar-refractivity contribution in [1.29, 1.82) is 0 Å². The van der Waals surface area contributed by atoms with Crippen LogP contribution in [0.1, 0.15) is 0 Å². The van der Waals surface area contributed by atoms with Crippen molar-refractivity contribution in [2.24, 2.45) is 0 Å². The van der Waals surface area contributed by atoms with Gasteiger partial charge in [-0.15, -0.1) is 0 Å². The largest absolute Gasteiger partial charge is 0.468 e. The molecule has 0 radical (unpaired) electrons. The normalized spacial score (nSPS) is 8.50. The molecule has 0 saturated heterocycles. The maximum atomic E-state index is 10.5. The van der Waals surface area contributed by atoms with Gasteiger partial charge in [0.25, 0.3) is 0 Å². The summed E-state index contributed by atoms with van der Waals surface area (Å²) in [6.07, 6.45) is 1.16. The van der Waals surface area contributed by atoms with Gasteiger partial charge in [-0.05, 0) is 6.08 Å². The van der Waals surface area contributed by atoms with Crippen molar-refractivity contribution in [3.63, 3.8) is 0 Å². The molecule has 0 aromatic carbocycles. The SMILES string of the molecule is C=CC(=O)SCC(=O)OC. The van der Waals surface area contributed by atoms with Crippen molar-refractivity contribution in [3.05, 3.63) is 12.7 Å². The fourth-order valence-electron chi connectivity index (χ4n) is 0.248. The predicted octanol–water partition coefficient (Wildman–Crippen LogP) is 0.605. The minimum atomic E-state index is -0.403. The summed E-state index contributed by atoms with van der Waals surface area (Å²) in [4.78, 5) is 20.9. The lowest BCUT2D eigenvalue weighted by molar-refractivity contribution is -0.137. The first-order valence-corrected chi connectivity index (χ1v) is 3.55. The molecule has 0 atom stereocenters. The quantitative estimate of drug-likeness (QED) is 0.448. The van der Waals surface area contributed by atoms with Gasteiger partial charge in [0.2, 0.25) is 5.12 Å². The van der Waals surface area contributed by atoms with Crippen LogP contribution in [0.5, 0.6) is 0 Å². The first-order valence-electron chi connectivity index (χ1n) is 2.56. The van der Waals surface area contributed by atoms with E-state index in [-0.39, 0.29) is 10.9 Å². The molecule has 0 aliphatic carbocycles. The number of carbonyl (C=O) groups is 2. The van der Waals surface area contributed by atoms with Crippen LogP contribution in [0.2, 0.25) is 0 Å². The monoisotopic (exact) mass is 160 g/mol. The number of hydrogen-bond donors (Lipinski definition) is 0. The van der Waals surface area contributed by atoms with E-state index in [9.17, 15) is 9.59 Å². The molecule has 0 amide bonds. The van der Waals surface area contributed by atoms with Crippen LogP contribution in [0.25, 0.3) is 0 Å². The Balaban J connectivity index is 3.44. The van der Waals surface area contributed by atoms with Gasteiger partial charge in [-0.25, -0.2) is 0 Å². The minimum absolute atomic E-state index is 0.0569. The standard InChI is InChI=1S/C6H8O3S/c1-3-6(8)10-4-5(7)9-2/h3H,1,4H2,2H3. The summed E-state index contributed by atoms with van der Waals surface area (Å²) in [5.41, 5.74) is 0. The van der Waals surface area contributed by atoms with Crippen molar-refractivity contribution in [2.75, 3.05) is 12.9 Å². The molecule has 0 unspecified atom stereocenters. The summed E-state index contributed by atoms with van der Waals surface area (Å²) in [5, 5.41) is -0.217. The molecular formula is C6H8O3S. The van der Waals surface area contributed by atoms with Crippen LogP contribution < -0.4 is 0 Å². The Morgan fingerprint density at radius 1 is 1.70 bits per heavy atom. The van der Waals surface area contributed by atoms with Crippen LogP contribution >= 0.6 is 11.8 Å². The Hall–Kier alpha value is -0.770. The van der Waals surface area contributed by atoms with Gasteiger partial charge in [0, 0.05) is 0 Å². The maximum Gasteiger partial charge on any atom is 0.316 e. The predicted molar refractivity (Wildman–Crippen MR) is 39.7 cm³/mol. The van der Waals surface area contributed by atoms with Gasteiger partial charge < -0.3 is 4.74 Å². The maximum absolute atomic E-state index is 10.5. The third-order valence-electron chi connectivity index (χ3n) is 0.727. The Morgan fingerprint density at radius 3 is 2.70 bits per heavy atom. The lowest BCUT2D eigenvalue weighted by Crippen LogP contribution is -2.04. The molecule has 0 fully saturated rings. The lowest BCUT2D eigenvalue weighted by atomic mass is 10.7. The van der Waals surface area contributed by atoms with E-state index in [0.29, 0.717) is 0 Å². The van der Waals surface area contributed by atoms with Crippen molar-refractivity contribution in [3.8, 4) is 0 Å². The van der Waals surface area contributed by atoms with Gasteiger partial charge in [-0.1, -0.05) is 18.3 Å². The average molecular weight is 160 g/mol.